The van der Waals surface area contributed by atoms with Crippen molar-refractivity contribution < 1.29 is 109 Å². The van der Waals surface area contributed by atoms with Gasteiger partial charge in [0.25, 0.3) is 5.52 Å². The van der Waals surface area contributed by atoms with E-state index in [4.69, 9.17) is 22.7 Å². The molecule has 1 aliphatic heterocycles. The van der Waals surface area contributed by atoms with E-state index in [1.54, 1.807) is 12.2 Å². The van der Waals surface area contributed by atoms with E-state index < -0.39 is 37.7 Å². The monoisotopic (exact) mass is 838 g/mol. The van der Waals surface area contributed by atoms with Crippen molar-refractivity contribution in [3.8, 4) is 5.75 Å². The van der Waals surface area contributed by atoms with Crippen LogP contribution in [0.25, 0.3) is 61.1 Å². The van der Waals surface area contributed by atoms with Crippen LogP contribution in [0, 0.1) is 0 Å². The zero-order chi connectivity index (χ0) is 39.2. The fourth-order valence-electron chi connectivity index (χ4n) is 7.11. The van der Waals surface area contributed by atoms with Crippen LogP contribution < -0.4 is 65.6 Å². The molecule has 7 aromatic rings. The molecule has 0 N–H and O–H groups in total. The van der Waals surface area contributed by atoms with Crippen molar-refractivity contribution in [2.75, 3.05) is 30.1 Å². The molecule has 0 spiro atoms. The molecule has 8 rings (SSSR count). The molecule has 57 heavy (non-hydrogen) atoms. The number of hydrogen-bond donors (Lipinski definition) is 0. The molecule has 1 aliphatic rings. The van der Waals surface area contributed by atoms with E-state index in [1.165, 1.54) is 7.11 Å². The Balaban J connectivity index is 0.00000496. The summed E-state index contributed by atoms with van der Waals surface area (Å²) in [5.74, 6) is -0.431. The van der Waals surface area contributed by atoms with Gasteiger partial charge in [-0.15, -0.1) is 0 Å². The second kappa shape index (κ2) is 16.7. The van der Waals surface area contributed by atoms with Crippen molar-refractivity contribution in [2.45, 2.75) is 38.6 Å². The van der Waals surface area contributed by atoms with Gasteiger partial charge in [0.2, 0.25) is 11.5 Å². The van der Waals surface area contributed by atoms with E-state index in [-0.39, 0.29) is 83.7 Å². The maximum atomic E-state index is 12.9. The first-order chi connectivity index (χ1) is 26.8. The Bertz CT molecular complexity index is 2960. The molecule has 3 aromatic heterocycles. The van der Waals surface area contributed by atoms with Gasteiger partial charge in [0.1, 0.15) is 22.3 Å². The van der Waals surface area contributed by atoms with Gasteiger partial charge in [0.15, 0.2) is 12.3 Å². The molecular formula is C40H35KN2O12S2. The number of aryl methyl sites for hydroxylation is 1. The van der Waals surface area contributed by atoms with E-state index in [9.17, 15) is 30.7 Å². The SMILES string of the molecule is COC(=O)CC(=Cc1oc2cc3c(cc2[n+]1CCCCS(=O)(=O)[O-])oc1ccccc13)C=C1Oc2cc3c(cc2N1CCCCS(=O)(=O)[O-])oc1ccccc13.[K+]. The standard InChI is InChI=1S/C40H36N2O12S2.K/c1-50-40(43)20-25(18-38-41(14-6-8-16-55(44,45)46)30-23-34-28(21-36(30)53-38)26-10-2-4-12-32(26)51-34)19-39-42(15-7-9-17-56(47,48)49)31-24-35-29(22-37(31)54-39)27-11-3-5-13-33(27)52-35;/h2-5,10-13,18-19,21-24H,6-9,14-17,20H2,1H3,(H-,44,45,46,47,48,49);/q;+1/p-1. The molecular weight excluding hydrogens is 804 g/mol. The Hall–Kier alpha value is -4.04. The predicted molar refractivity (Wildman–Crippen MR) is 206 cm³/mol. The number of esters is 1. The number of ether oxygens (including phenoxy) is 2. The second-order valence-corrected chi connectivity index (χ2v) is 16.6. The quantitative estimate of drug-likeness (QED) is 0.0504. The number of para-hydroxylation sites is 2. The third-order valence-corrected chi connectivity index (χ3v) is 11.3. The Morgan fingerprint density at radius 1 is 0.754 bits per heavy atom. The summed E-state index contributed by atoms with van der Waals surface area (Å²) in [6.45, 7) is 0.539. The third kappa shape index (κ3) is 9.01. The largest absolute Gasteiger partial charge is 1.00 e. The Labute approximate surface area is 369 Å². The molecule has 290 valence electrons. The number of carbonyl (C=O) groups excluding carboxylic acids is 1. The fourth-order valence-corrected chi connectivity index (χ4v) is 8.23. The van der Waals surface area contributed by atoms with Crippen LogP contribution in [-0.2, 0) is 36.3 Å². The molecule has 0 atom stereocenters. The van der Waals surface area contributed by atoms with Crippen LogP contribution in [0.15, 0.2) is 104 Å². The summed E-state index contributed by atoms with van der Waals surface area (Å²) < 4.78 is 100. The van der Waals surface area contributed by atoms with Crippen LogP contribution in [0.3, 0.4) is 0 Å². The van der Waals surface area contributed by atoms with E-state index in [0.29, 0.717) is 75.1 Å². The molecule has 0 amide bonds. The molecule has 0 fully saturated rings. The molecule has 0 radical (unpaired) electrons. The minimum Gasteiger partial charge on any atom is -0.748 e. The van der Waals surface area contributed by atoms with Crippen LogP contribution in [0.4, 0.5) is 5.69 Å². The molecule has 17 heteroatoms. The number of carbonyl (C=O) groups is 1. The zero-order valence-corrected chi connectivity index (χ0v) is 35.8. The number of unbranched alkanes of at least 4 members (excludes halogenated alkanes) is 2. The first kappa shape index (κ1) is 41.1. The van der Waals surface area contributed by atoms with Crippen molar-refractivity contribution in [3.63, 3.8) is 0 Å². The van der Waals surface area contributed by atoms with Gasteiger partial charge in [0, 0.05) is 58.2 Å². The van der Waals surface area contributed by atoms with Gasteiger partial charge < -0.3 is 36.7 Å². The molecule has 0 bridgehead atoms. The molecule has 14 nitrogen and oxygen atoms in total. The summed E-state index contributed by atoms with van der Waals surface area (Å²) in [5.41, 5.74) is 4.84. The van der Waals surface area contributed by atoms with E-state index >= 15 is 0 Å². The normalized spacial score (nSPS) is 14.3. The molecule has 0 unspecified atom stereocenters. The Morgan fingerprint density at radius 2 is 1.37 bits per heavy atom. The van der Waals surface area contributed by atoms with Crippen molar-refractivity contribution >= 4 is 92.9 Å². The van der Waals surface area contributed by atoms with Gasteiger partial charge in [-0.1, -0.05) is 36.4 Å². The van der Waals surface area contributed by atoms with E-state index in [0.717, 1.165) is 21.5 Å². The number of benzene rings is 4. The van der Waals surface area contributed by atoms with Gasteiger partial charge in [-0.2, -0.15) is 4.57 Å². The van der Waals surface area contributed by atoms with E-state index in [1.807, 2.05) is 82.3 Å². The van der Waals surface area contributed by atoms with Gasteiger partial charge in [0.05, 0.1) is 51.6 Å². The number of rotatable bonds is 14. The number of anilines is 1. The molecule has 4 heterocycles. The average molecular weight is 839 g/mol. The van der Waals surface area contributed by atoms with Gasteiger partial charge in [-0.05, 0) is 49.1 Å². The number of fused-ring (bicyclic) bond motifs is 8. The van der Waals surface area contributed by atoms with E-state index in [2.05, 4.69) is 0 Å². The number of oxazole rings is 1. The molecule has 0 saturated carbocycles. The van der Waals surface area contributed by atoms with Gasteiger partial charge >= 0.3 is 63.2 Å². The van der Waals surface area contributed by atoms with Crippen molar-refractivity contribution in [3.05, 3.63) is 96.2 Å². The summed E-state index contributed by atoms with van der Waals surface area (Å²) in [7, 11) is -7.55. The number of allylic oxidation sites excluding steroid dienone is 1. The number of aromatic nitrogens is 1. The maximum absolute atomic E-state index is 12.9. The first-order valence-corrected chi connectivity index (χ1v) is 21.0. The van der Waals surface area contributed by atoms with Crippen molar-refractivity contribution in [1.82, 2.24) is 0 Å². The maximum Gasteiger partial charge on any atom is 1.00 e. The topological polar surface area (TPSA) is 196 Å². The van der Waals surface area contributed by atoms with Gasteiger partial charge in [-0.3, -0.25) is 4.79 Å². The first-order valence-electron chi connectivity index (χ1n) is 17.9. The number of methoxy groups -OCH3 is 1. The second-order valence-electron chi connectivity index (χ2n) is 13.6. The molecule has 0 saturated heterocycles. The average Bonchev–Trinajstić information content (AvgIpc) is 3.88. The molecule has 0 aliphatic carbocycles. The van der Waals surface area contributed by atoms with Crippen LogP contribution >= 0.6 is 0 Å². The van der Waals surface area contributed by atoms with Crippen molar-refractivity contribution in [2.24, 2.45) is 0 Å². The smallest absolute Gasteiger partial charge is 0.748 e. The minimum absolute atomic E-state index is 0. The summed E-state index contributed by atoms with van der Waals surface area (Å²) in [4.78, 5) is 14.7. The van der Waals surface area contributed by atoms with Gasteiger partial charge in [-0.25, -0.2) is 16.8 Å². The zero-order valence-electron chi connectivity index (χ0n) is 31.1. The number of hydrogen-bond acceptors (Lipinski definition) is 13. The summed E-state index contributed by atoms with van der Waals surface area (Å²) >= 11 is 0. The predicted octanol–water partition coefficient (Wildman–Crippen LogP) is 3.86. The fraction of sp³-hybridized carbons (Fsp3) is 0.250. The number of furan rings is 2. The summed E-state index contributed by atoms with van der Waals surface area (Å²) in [5, 5.41) is 3.45. The third-order valence-electron chi connectivity index (χ3n) is 9.71. The minimum atomic E-state index is -4.41. The van der Waals surface area contributed by atoms with Crippen LogP contribution in [0.5, 0.6) is 5.75 Å². The molecule has 4 aromatic carbocycles. The Kier molecular flexibility index (Phi) is 12.0. The number of nitrogens with zero attached hydrogens (tertiary/aromatic N) is 2. The van der Waals surface area contributed by atoms with Crippen LogP contribution in [-0.4, -0.2) is 57.1 Å². The van der Waals surface area contributed by atoms with Crippen molar-refractivity contribution in [1.29, 1.82) is 0 Å². The van der Waals surface area contributed by atoms with Crippen LogP contribution in [0.1, 0.15) is 38.0 Å². The summed E-state index contributed by atoms with van der Waals surface area (Å²) in [6, 6.07) is 22.6. The Morgan fingerprint density at radius 3 is 2.02 bits per heavy atom. The van der Waals surface area contributed by atoms with Crippen LogP contribution in [0.2, 0.25) is 0 Å². The summed E-state index contributed by atoms with van der Waals surface area (Å²) in [6.07, 6.45) is 4.03.